The molecule has 0 aromatic carbocycles. The summed E-state index contributed by atoms with van der Waals surface area (Å²) in [6.45, 7) is 2.09. The lowest BCUT2D eigenvalue weighted by atomic mass is 10.3. The molecule has 0 saturated carbocycles. The average Bonchev–Trinajstić information content (AvgIpc) is 2.60. The van der Waals surface area contributed by atoms with Gasteiger partial charge in [-0.15, -0.1) is 11.3 Å². The van der Waals surface area contributed by atoms with Crippen LogP contribution in [0, 0.1) is 0 Å². The van der Waals surface area contributed by atoms with Gasteiger partial charge in [-0.05, 0) is 6.42 Å². The molecule has 1 aromatic rings. The summed E-state index contributed by atoms with van der Waals surface area (Å²) in [5.41, 5.74) is 5.68. The lowest BCUT2D eigenvalue weighted by Crippen LogP contribution is -2.31. The molecule has 1 rings (SSSR count). The van der Waals surface area contributed by atoms with Gasteiger partial charge in [-0.25, -0.2) is 4.98 Å². The first-order chi connectivity index (χ1) is 6.63. The molecule has 0 saturated heterocycles. The van der Waals surface area contributed by atoms with Crippen LogP contribution in [0.5, 0.6) is 0 Å². The second-order valence-electron chi connectivity index (χ2n) is 2.84. The van der Waals surface area contributed by atoms with E-state index < -0.39 is 6.10 Å². The predicted molar refractivity (Wildman–Crippen MR) is 55.2 cm³/mol. The number of hydrogen-bond acceptors (Lipinski definition) is 5. The lowest BCUT2D eigenvalue weighted by molar-refractivity contribution is 0.0910. The third-order valence-electron chi connectivity index (χ3n) is 1.72. The number of nitrogens with one attached hydrogen (secondary N) is 1. The molecule has 78 valence electrons. The van der Waals surface area contributed by atoms with Crippen LogP contribution in [0.4, 0.5) is 5.13 Å². The Labute approximate surface area is 86.0 Å². The highest BCUT2D eigenvalue weighted by Crippen LogP contribution is 2.10. The summed E-state index contributed by atoms with van der Waals surface area (Å²) in [5, 5.41) is 13.7. The van der Waals surface area contributed by atoms with Gasteiger partial charge in [-0.3, -0.25) is 4.79 Å². The van der Waals surface area contributed by atoms with Crippen molar-refractivity contribution in [3.8, 4) is 0 Å². The Balaban J connectivity index is 2.43. The minimum absolute atomic E-state index is 0.243. The molecule has 0 aliphatic heterocycles. The van der Waals surface area contributed by atoms with E-state index in [1.807, 2.05) is 6.92 Å². The Morgan fingerprint density at radius 3 is 3.07 bits per heavy atom. The van der Waals surface area contributed by atoms with Crippen LogP contribution in [-0.2, 0) is 0 Å². The third kappa shape index (κ3) is 2.97. The number of nitrogens with two attached hydrogens (primary N) is 1. The van der Waals surface area contributed by atoms with Gasteiger partial charge in [0.15, 0.2) is 5.13 Å². The number of aromatic nitrogens is 1. The fourth-order valence-electron chi connectivity index (χ4n) is 0.837. The van der Waals surface area contributed by atoms with Crippen molar-refractivity contribution in [3.05, 3.63) is 11.1 Å². The number of anilines is 1. The fraction of sp³-hybridized carbons (Fsp3) is 0.500. The molecule has 0 fully saturated rings. The van der Waals surface area contributed by atoms with Crippen LogP contribution in [0.15, 0.2) is 5.38 Å². The molecule has 0 aliphatic carbocycles. The standard InChI is InChI=1S/C8H13N3O2S/c1-2-5(12)3-10-7(13)6-4-14-8(9)11-6/h4-5,12H,2-3H2,1H3,(H2,9,11)(H,10,13). The largest absolute Gasteiger partial charge is 0.391 e. The number of amides is 1. The van der Waals surface area contributed by atoms with E-state index in [0.29, 0.717) is 17.2 Å². The summed E-state index contributed by atoms with van der Waals surface area (Å²) in [6, 6.07) is 0. The van der Waals surface area contributed by atoms with Crippen molar-refractivity contribution >= 4 is 22.4 Å². The van der Waals surface area contributed by atoms with Gasteiger partial charge in [0.1, 0.15) is 5.69 Å². The number of nitrogen functional groups attached to an aromatic ring is 1. The van der Waals surface area contributed by atoms with E-state index in [9.17, 15) is 9.90 Å². The summed E-state index contributed by atoms with van der Waals surface area (Å²) in [6.07, 6.45) is 0.106. The van der Waals surface area contributed by atoms with E-state index in [1.165, 1.54) is 11.3 Å². The molecule has 6 heteroatoms. The van der Waals surface area contributed by atoms with Crippen molar-refractivity contribution < 1.29 is 9.90 Å². The number of carbonyl (C=O) groups excluding carboxylic acids is 1. The van der Waals surface area contributed by atoms with Gasteiger partial charge in [0.05, 0.1) is 6.10 Å². The van der Waals surface area contributed by atoms with E-state index in [0.717, 1.165) is 0 Å². The van der Waals surface area contributed by atoms with Gasteiger partial charge >= 0.3 is 0 Å². The van der Waals surface area contributed by atoms with Crippen molar-refractivity contribution in [2.45, 2.75) is 19.4 Å². The normalized spacial score (nSPS) is 12.4. The summed E-state index contributed by atoms with van der Waals surface area (Å²) in [5.74, 6) is -0.301. The molecule has 1 atom stereocenters. The SMILES string of the molecule is CCC(O)CNC(=O)c1csc(N)n1. The van der Waals surface area contributed by atoms with Gasteiger partial charge in [0.2, 0.25) is 0 Å². The molecule has 1 amide bonds. The van der Waals surface area contributed by atoms with Crippen molar-refractivity contribution in [2.75, 3.05) is 12.3 Å². The highest BCUT2D eigenvalue weighted by atomic mass is 32.1. The predicted octanol–water partition coefficient (Wildman–Crippen LogP) is 0.226. The van der Waals surface area contributed by atoms with Crippen LogP contribution in [0.25, 0.3) is 0 Å². The van der Waals surface area contributed by atoms with Crippen LogP contribution in [0.1, 0.15) is 23.8 Å². The van der Waals surface area contributed by atoms with E-state index in [2.05, 4.69) is 10.3 Å². The third-order valence-corrected chi connectivity index (χ3v) is 2.40. The van der Waals surface area contributed by atoms with E-state index >= 15 is 0 Å². The molecule has 4 N–H and O–H groups in total. The van der Waals surface area contributed by atoms with Crippen molar-refractivity contribution in [3.63, 3.8) is 0 Å². The summed E-state index contributed by atoms with van der Waals surface area (Å²) < 4.78 is 0. The van der Waals surface area contributed by atoms with Crippen molar-refractivity contribution in [1.82, 2.24) is 10.3 Å². The molecular weight excluding hydrogens is 202 g/mol. The molecular formula is C8H13N3O2S. The minimum Gasteiger partial charge on any atom is -0.391 e. The Morgan fingerprint density at radius 1 is 1.86 bits per heavy atom. The lowest BCUT2D eigenvalue weighted by Gasteiger charge is -2.07. The van der Waals surface area contributed by atoms with Gasteiger partial charge in [0, 0.05) is 11.9 Å². The first kappa shape index (κ1) is 10.9. The number of carbonyl (C=O) groups is 1. The van der Waals surface area contributed by atoms with Gasteiger partial charge in [-0.2, -0.15) is 0 Å². The van der Waals surface area contributed by atoms with Gasteiger partial charge in [0.25, 0.3) is 5.91 Å². The molecule has 0 spiro atoms. The molecule has 0 bridgehead atoms. The van der Waals surface area contributed by atoms with Crippen LogP contribution in [-0.4, -0.2) is 28.6 Å². The monoisotopic (exact) mass is 215 g/mol. The van der Waals surface area contributed by atoms with Crippen molar-refractivity contribution in [1.29, 1.82) is 0 Å². The first-order valence-corrected chi connectivity index (χ1v) is 5.18. The highest BCUT2D eigenvalue weighted by molar-refractivity contribution is 7.13. The number of aliphatic hydroxyl groups is 1. The summed E-state index contributed by atoms with van der Waals surface area (Å²) in [4.78, 5) is 15.2. The summed E-state index contributed by atoms with van der Waals surface area (Å²) >= 11 is 1.22. The number of thiazole rings is 1. The maximum absolute atomic E-state index is 11.3. The topological polar surface area (TPSA) is 88.2 Å². The van der Waals surface area contributed by atoms with Crippen molar-refractivity contribution in [2.24, 2.45) is 0 Å². The fourth-order valence-corrected chi connectivity index (χ4v) is 1.38. The maximum atomic E-state index is 11.3. The van der Waals surface area contributed by atoms with Gasteiger partial charge in [-0.1, -0.05) is 6.92 Å². The Bertz CT molecular complexity index is 313. The number of hydrogen-bond donors (Lipinski definition) is 3. The van der Waals surface area contributed by atoms with E-state index in [4.69, 9.17) is 5.73 Å². The Hall–Kier alpha value is -1.14. The number of aliphatic hydroxyl groups excluding tert-OH is 1. The zero-order valence-electron chi connectivity index (χ0n) is 7.86. The van der Waals surface area contributed by atoms with E-state index in [-0.39, 0.29) is 12.5 Å². The Kier molecular flexibility index (Phi) is 3.84. The molecule has 1 unspecified atom stereocenters. The minimum atomic E-state index is -0.505. The zero-order chi connectivity index (χ0) is 10.6. The summed E-state index contributed by atoms with van der Waals surface area (Å²) in [7, 11) is 0. The average molecular weight is 215 g/mol. The molecule has 0 radical (unpaired) electrons. The first-order valence-electron chi connectivity index (χ1n) is 4.30. The molecule has 1 aromatic heterocycles. The van der Waals surface area contributed by atoms with Crippen LogP contribution in [0.2, 0.25) is 0 Å². The number of rotatable bonds is 4. The second kappa shape index (κ2) is 4.92. The highest BCUT2D eigenvalue weighted by Gasteiger charge is 2.10. The molecule has 14 heavy (non-hydrogen) atoms. The van der Waals surface area contributed by atoms with Crippen LogP contribution < -0.4 is 11.1 Å². The van der Waals surface area contributed by atoms with E-state index in [1.54, 1.807) is 5.38 Å². The van der Waals surface area contributed by atoms with Crippen LogP contribution in [0.3, 0.4) is 0 Å². The second-order valence-corrected chi connectivity index (χ2v) is 3.73. The zero-order valence-corrected chi connectivity index (χ0v) is 8.67. The maximum Gasteiger partial charge on any atom is 0.270 e. The molecule has 5 nitrogen and oxygen atoms in total. The molecule has 1 heterocycles. The van der Waals surface area contributed by atoms with Gasteiger partial charge < -0.3 is 16.2 Å². The Morgan fingerprint density at radius 2 is 2.57 bits per heavy atom. The molecule has 0 aliphatic rings. The smallest absolute Gasteiger partial charge is 0.270 e. The number of nitrogens with zero attached hydrogens (tertiary/aromatic N) is 1. The van der Waals surface area contributed by atoms with Crippen LogP contribution >= 0.6 is 11.3 Å². The quantitative estimate of drug-likeness (QED) is 0.670.